The van der Waals surface area contributed by atoms with Crippen molar-refractivity contribution in [2.24, 2.45) is 5.92 Å². The molecule has 0 aliphatic carbocycles. The standard InChI is InChI=1S/C29H32FN5O4/c1-19(2)15-16-31-29(37)28(23-14-13-22(38-3)17-26(23)39-4)35(21-11-9-20(30)10-12-21)27(36)18-34-25-8-6-5-7-24(25)32-33-34/h5-14,17,19,28H,15-16,18H2,1-4H3,(H,31,37)/t28-/m0/s1. The Labute approximate surface area is 226 Å². The van der Waals surface area contributed by atoms with Crippen LogP contribution < -0.4 is 19.7 Å². The number of benzene rings is 3. The molecule has 39 heavy (non-hydrogen) atoms. The van der Waals surface area contributed by atoms with E-state index in [-0.39, 0.29) is 6.54 Å². The molecule has 204 valence electrons. The van der Waals surface area contributed by atoms with Crippen molar-refractivity contribution in [3.05, 3.63) is 78.1 Å². The molecule has 0 saturated heterocycles. The topological polar surface area (TPSA) is 98.6 Å². The van der Waals surface area contributed by atoms with Crippen LogP contribution in [0.2, 0.25) is 0 Å². The van der Waals surface area contributed by atoms with Gasteiger partial charge in [0.25, 0.3) is 0 Å². The number of ether oxygens (including phenoxy) is 2. The van der Waals surface area contributed by atoms with Crippen LogP contribution in [-0.4, -0.2) is 47.6 Å². The number of para-hydroxylation sites is 1. The number of aromatic nitrogens is 3. The van der Waals surface area contributed by atoms with Crippen LogP contribution in [-0.2, 0) is 16.1 Å². The van der Waals surface area contributed by atoms with E-state index in [9.17, 15) is 14.0 Å². The number of carbonyl (C=O) groups excluding carboxylic acids is 2. The third kappa shape index (κ3) is 6.34. The molecule has 4 rings (SSSR count). The zero-order valence-electron chi connectivity index (χ0n) is 22.4. The number of nitrogens with one attached hydrogen (secondary N) is 1. The normalized spacial score (nSPS) is 11.8. The highest BCUT2D eigenvalue weighted by molar-refractivity contribution is 6.02. The van der Waals surface area contributed by atoms with Crippen LogP contribution in [0.4, 0.5) is 10.1 Å². The van der Waals surface area contributed by atoms with Gasteiger partial charge in [-0.1, -0.05) is 31.2 Å². The van der Waals surface area contributed by atoms with Crippen molar-refractivity contribution in [2.75, 3.05) is 25.7 Å². The number of anilines is 1. The second-order valence-electron chi connectivity index (χ2n) is 9.46. The van der Waals surface area contributed by atoms with E-state index < -0.39 is 23.7 Å². The first-order chi connectivity index (χ1) is 18.8. The molecule has 1 heterocycles. The second-order valence-corrected chi connectivity index (χ2v) is 9.46. The van der Waals surface area contributed by atoms with Crippen LogP contribution in [0.5, 0.6) is 11.5 Å². The molecule has 0 spiro atoms. The fraction of sp³-hybridized carbons (Fsp3) is 0.310. The maximum Gasteiger partial charge on any atom is 0.249 e. The molecule has 0 aliphatic heterocycles. The summed E-state index contributed by atoms with van der Waals surface area (Å²) in [4.78, 5) is 29.3. The maximum atomic E-state index is 14.1. The van der Waals surface area contributed by atoms with Crippen LogP contribution in [0.25, 0.3) is 11.0 Å². The largest absolute Gasteiger partial charge is 0.497 e. The second kappa shape index (κ2) is 12.4. The molecule has 0 aliphatic rings. The number of carbonyl (C=O) groups is 2. The van der Waals surface area contributed by atoms with Crippen molar-refractivity contribution in [1.29, 1.82) is 0 Å². The lowest BCUT2D eigenvalue weighted by Crippen LogP contribution is -2.45. The van der Waals surface area contributed by atoms with Crippen LogP contribution in [0.3, 0.4) is 0 Å². The number of amides is 2. The molecule has 4 aromatic rings. The molecular weight excluding hydrogens is 501 g/mol. The Morgan fingerprint density at radius 1 is 1.03 bits per heavy atom. The van der Waals surface area contributed by atoms with Gasteiger partial charge >= 0.3 is 0 Å². The quantitative estimate of drug-likeness (QED) is 0.304. The minimum atomic E-state index is -1.13. The first-order valence-corrected chi connectivity index (χ1v) is 12.7. The van der Waals surface area contributed by atoms with Crippen molar-refractivity contribution < 1.29 is 23.5 Å². The van der Waals surface area contributed by atoms with Gasteiger partial charge in [0.1, 0.15) is 35.4 Å². The molecule has 1 aromatic heterocycles. The summed E-state index contributed by atoms with van der Waals surface area (Å²) in [6.07, 6.45) is 0.758. The summed E-state index contributed by atoms with van der Waals surface area (Å²) in [5.74, 6) is -0.0461. The Bertz CT molecular complexity index is 1440. The van der Waals surface area contributed by atoms with Crippen molar-refractivity contribution in [2.45, 2.75) is 32.9 Å². The third-order valence-corrected chi connectivity index (χ3v) is 6.34. The van der Waals surface area contributed by atoms with E-state index in [1.807, 2.05) is 18.2 Å². The Balaban J connectivity index is 1.82. The molecule has 10 heteroatoms. The summed E-state index contributed by atoms with van der Waals surface area (Å²) in [7, 11) is 3.01. The van der Waals surface area contributed by atoms with Crippen LogP contribution in [0.1, 0.15) is 31.9 Å². The SMILES string of the molecule is COc1ccc([C@@H](C(=O)NCCC(C)C)N(C(=O)Cn2nnc3ccccc32)c2ccc(F)cc2)c(OC)c1. The minimum Gasteiger partial charge on any atom is -0.497 e. The highest BCUT2D eigenvalue weighted by Gasteiger charge is 2.35. The van der Waals surface area contributed by atoms with Crippen molar-refractivity contribution in [1.82, 2.24) is 20.3 Å². The molecule has 0 bridgehead atoms. The number of nitrogens with zero attached hydrogens (tertiary/aromatic N) is 4. The summed E-state index contributed by atoms with van der Waals surface area (Å²) < 4.78 is 26.4. The molecule has 0 saturated carbocycles. The van der Waals surface area contributed by atoms with Gasteiger partial charge in [-0.15, -0.1) is 5.10 Å². The zero-order chi connectivity index (χ0) is 27.9. The molecule has 3 aromatic carbocycles. The molecular formula is C29H32FN5O4. The fourth-order valence-corrected chi connectivity index (χ4v) is 4.30. The lowest BCUT2D eigenvalue weighted by atomic mass is 10.0. The van der Waals surface area contributed by atoms with E-state index in [2.05, 4.69) is 29.5 Å². The van der Waals surface area contributed by atoms with Gasteiger partial charge in [0, 0.05) is 23.9 Å². The summed E-state index contributed by atoms with van der Waals surface area (Å²) in [5.41, 5.74) is 2.09. The maximum absolute atomic E-state index is 14.1. The van der Waals surface area contributed by atoms with Gasteiger partial charge in [-0.25, -0.2) is 9.07 Å². The molecule has 9 nitrogen and oxygen atoms in total. The molecule has 0 radical (unpaired) electrons. The average Bonchev–Trinajstić information content (AvgIpc) is 3.34. The van der Waals surface area contributed by atoms with Crippen LogP contribution in [0, 0.1) is 11.7 Å². The van der Waals surface area contributed by atoms with Crippen LogP contribution >= 0.6 is 0 Å². The fourth-order valence-electron chi connectivity index (χ4n) is 4.30. The monoisotopic (exact) mass is 533 g/mol. The third-order valence-electron chi connectivity index (χ3n) is 6.34. The highest BCUT2D eigenvalue weighted by Crippen LogP contribution is 2.36. The Morgan fingerprint density at radius 2 is 1.77 bits per heavy atom. The Morgan fingerprint density at radius 3 is 2.46 bits per heavy atom. The smallest absolute Gasteiger partial charge is 0.249 e. The summed E-state index contributed by atoms with van der Waals surface area (Å²) in [6.45, 7) is 4.34. The van der Waals surface area contributed by atoms with Gasteiger partial charge in [-0.3, -0.25) is 14.5 Å². The predicted molar refractivity (Wildman–Crippen MR) is 146 cm³/mol. The van der Waals surface area contributed by atoms with Gasteiger partial charge in [0.2, 0.25) is 11.8 Å². The molecule has 0 unspecified atom stereocenters. The number of halogens is 1. The summed E-state index contributed by atoms with van der Waals surface area (Å²) in [5, 5.41) is 11.3. The van der Waals surface area contributed by atoms with Gasteiger partial charge in [0.15, 0.2) is 0 Å². The van der Waals surface area contributed by atoms with Crippen molar-refractivity contribution in [3.63, 3.8) is 0 Å². The number of hydrogen-bond donors (Lipinski definition) is 1. The van der Waals surface area contributed by atoms with E-state index in [0.717, 1.165) is 6.42 Å². The molecule has 2 amide bonds. The summed E-state index contributed by atoms with van der Waals surface area (Å²) in [6, 6.07) is 16.6. The van der Waals surface area contributed by atoms with Crippen molar-refractivity contribution >= 4 is 28.5 Å². The van der Waals surface area contributed by atoms with E-state index >= 15 is 0 Å². The highest BCUT2D eigenvalue weighted by atomic mass is 19.1. The number of hydrogen-bond acceptors (Lipinski definition) is 6. The number of fused-ring (bicyclic) bond motifs is 1. The van der Waals surface area contributed by atoms with E-state index in [1.165, 1.54) is 48.1 Å². The predicted octanol–water partition coefficient (Wildman–Crippen LogP) is 4.52. The molecule has 1 N–H and O–H groups in total. The Kier molecular flexibility index (Phi) is 8.75. The Hall–Kier alpha value is -4.47. The number of rotatable bonds is 11. The minimum absolute atomic E-state index is 0.202. The molecule has 1 atom stereocenters. The van der Waals surface area contributed by atoms with E-state index in [4.69, 9.17) is 9.47 Å². The van der Waals surface area contributed by atoms with E-state index in [1.54, 1.807) is 24.3 Å². The lowest BCUT2D eigenvalue weighted by molar-refractivity contribution is -0.127. The van der Waals surface area contributed by atoms with Gasteiger partial charge in [0.05, 0.1) is 19.7 Å². The van der Waals surface area contributed by atoms with Gasteiger partial charge in [-0.2, -0.15) is 0 Å². The van der Waals surface area contributed by atoms with E-state index in [0.29, 0.717) is 46.2 Å². The molecule has 0 fully saturated rings. The zero-order valence-corrected chi connectivity index (χ0v) is 22.4. The summed E-state index contributed by atoms with van der Waals surface area (Å²) >= 11 is 0. The first-order valence-electron chi connectivity index (χ1n) is 12.7. The van der Waals surface area contributed by atoms with Gasteiger partial charge < -0.3 is 14.8 Å². The average molecular weight is 534 g/mol. The number of methoxy groups -OCH3 is 2. The van der Waals surface area contributed by atoms with Gasteiger partial charge in [-0.05, 0) is 60.9 Å². The lowest BCUT2D eigenvalue weighted by Gasteiger charge is -2.32. The van der Waals surface area contributed by atoms with Crippen LogP contribution in [0.15, 0.2) is 66.7 Å². The van der Waals surface area contributed by atoms with Crippen molar-refractivity contribution in [3.8, 4) is 11.5 Å². The first kappa shape index (κ1) is 27.6.